The van der Waals surface area contributed by atoms with E-state index in [0.717, 1.165) is 12.8 Å². The summed E-state index contributed by atoms with van der Waals surface area (Å²) in [5, 5.41) is 1.28. The highest BCUT2D eigenvalue weighted by Gasteiger charge is 1.90. The smallest absolute Gasteiger partial charge is 0.249 e. The molecule has 0 aliphatic carbocycles. The van der Waals surface area contributed by atoms with Crippen molar-refractivity contribution in [1.29, 1.82) is 0 Å². The van der Waals surface area contributed by atoms with Gasteiger partial charge in [-0.3, -0.25) is 0 Å². The van der Waals surface area contributed by atoms with Gasteiger partial charge in [-0.25, -0.2) is 0 Å². The van der Waals surface area contributed by atoms with Crippen LogP contribution in [0.25, 0.3) is 0 Å². The average Bonchev–Trinajstić information content (AvgIpc) is 1.90. The van der Waals surface area contributed by atoms with Gasteiger partial charge in [0.1, 0.15) is 0 Å². The van der Waals surface area contributed by atoms with Crippen molar-refractivity contribution in [2.24, 2.45) is 5.90 Å². The molecule has 0 radical (unpaired) electrons. The first-order chi connectivity index (χ1) is 4.85. The molecule has 3 heteroatoms. The summed E-state index contributed by atoms with van der Waals surface area (Å²) in [7, 11) is -0.181. The van der Waals surface area contributed by atoms with Crippen molar-refractivity contribution in [2.75, 3.05) is 0 Å². The van der Waals surface area contributed by atoms with Crippen molar-refractivity contribution in [2.45, 2.75) is 12.8 Å². The summed E-state index contributed by atoms with van der Waals surface area (Å²) in [6, 6.07) is 0. The van der Waals surface area contributed by atoms with Gasteiger partial charge in [0.25, 0.3) is 0 Å². The van der Waals surface area contributed by atoms with Crippen LogP contribution in [-0.2, 0) is 4.53 Å². The molecule has 10 heavy (non-hydrogen) atoms. The molecule has 0 bridgehead atoms. The van der Waals surface area contributed by atoms with Gasteiger partial charge in [-0.2, -0.15) is 5.90 Å². The van der Waals surface area contributed by atoms with E-state index in [1.54, 1.807) is 0 Å². The van der Waals surface area contributed by atoms with Crippen LogP contribution in [0.2, 0.25) is 0 Å². The third-order valence-electron chi connectivity index (χ3n) is 1.05. The molecular weight excluding hydrogens is 142 g/mol. The first-order valence-electron chi connectivity index (χ1n) is 3.10. The third kappa shape index (κ3) is 4.23. The van der Waals surface area contributed by atoms with Crippen molar-refractivity contribution >= 4 is 14.5 Å². The molecule has 0 aliphatic rings. The molecule has 0 heterocycles. The number of hydrogen-bond acceptors (Lipinski definition) is 2. The highest BCUT2D eigenvalue weighted by atomic mass is 28.2. The zero-order valence-electron chi connectivity index (χ0n) is 6.05. The summed E-state index contributed by atoms with van der Waals surface area (Å²) in [5.74, 6) is 4.94. The monoisotopic (exact) mass is 155 g/mol. The maximum absolute atomic E-state index is 4.94. The Bertz CT molecular complexity index is 131. The van der Waals surface area contributed by atoms with Gasteiger partial charge in [0, 0.05) is 0 Å². The molecule has 2 nitrogen and oxygen atoms in total. The number of hydrogen-bond donors (Lipinski definition) is 1. The SMILES string of the molecule is C=CCC(CC=C)=[SiH]ON. The second-order valence-electron chi connectivity index (χ2n) is 1.90. The van der Waals surface area contributed by atoms with E-state index >= 15 is 0 Å². The van der Waals surface area contributed by atoms with Crippen LogP contribution in [0.1, 0.15) is 12.8 Å². The topological polar surface area (TPSA) is 35.2 Å². The van der Waals surface area contributed by atoms with Crippen molar-refractivity contribution in [3.63, 3.8) is 0 Å². The second-order valence-corrected chi connectivity index (χ2v) is 3.22. The summed E-state index contributed by atoms with van der Waals surface area (Å²) in [4.78, 5) is 0. The minimum absolute atomic E-state index is 0.181. The summed E-state index contributed by atoms with van der Waals surface area (Å²) in [6.45, 7) is 7.25. The van der Waals surface area contributed by atoms with Gasteiger partial charge in [0.05, 0.1) is 0 Å². The van der Waals surface area contributed by atoms with Gasteiger partial charge in [-0.1, -0.05) is 12.2 Å². The van der Waals surface area contributed by atoms with E-state index in [1.165, 1.54) is 5.17 Å². The Morgan fingerprint density at radius 3 is 2.20 bits per heavy atom. The molecule has 0 aliphatic heterocycles. The van der Waals surface area contributed by atoms with E-state index in [1.807, 2.05) is 12.2 Å². The summed E-state index contributed by atoms with van der Waals surface area (Å²) >= 11 is 0. The van der Waals surface area contributed by atoms with Crippen LogP contribution in [0.3, 0.4) is 0 Å². The standard InChI is InChI=1S/C7H13NOSi/c1-3-5-7(6-4-2)10-9-8/h3-4,10H,1-2,5-6,8H2. The molecule has 0 atom stereocenters. The molecular formula is C7H13NOSi. The minimum Gasteiger partial charge on any atom is -0.480 e. The Kier molecular flexibility index (Phi) is 6.01. The fraction of sp³-hybridized carbons (Fsp3) is 0.286. The van der Waals surface area contributed by atoms with Crippen molar-refractivity contribution in [3.8, 4) is 0 Å². The fourth-order valence-corrected chi connectivity index (χ4v) is 1.36. The molecule has 0 aromatic carbocycles. The Labute approximate surface area is 63.9 Å². The number of rotatable bonds is 5. The largest absolute Gasteiger partial charge is 0.480 e. The molecule has 0 aromatic heterocycles. The predicted molar refractivity (Wildman–Crippen MR) is 47.1 cm³/mol. The second kappa shape index (κ2) is 6.45. The molecule has 0 fully saturated rings. The lowest BCUT2D eigenvalue weighted by molar-refractivity contribution is 0.367. The Morgan fingerprint density at radius 1 is 1.40 bits per heavy atom. The summed E-state index contributed by atoms with van der Waals surface area (Å²) in [6.07, 6.45) is 5.48. The fourth-order valence-electron chi connectivity index (χ4n) is 0.647. The van der Waals surface area contributed by atoms with E-state index in [-0.39, 0.29) is 9.38 Å². The molecule has 0 aromatic rings. The molecule has 0 spiro atoms. The molecule has 0 saturated heterocycles. The highest BCUT2D eigenvalue weighted by molar-refractivity contribution is 6.49. The van der Waals surface area contributed by atoms with Gasteiger partial charge < -0.3 is 4.53 Å². The Balaban J connectivity index is 3.82. The lowest BCUT2D eigenvalue weighted by atomic mass is 10.2. The normalized spacial score (nSPS) is 8.10. The van der Waals surface area contributed by atoms with E-state index in [4.69, 9.17) is 5.90 Å². The quantitative estimate of drug-likeness (QED) is 0.357. The lowest BCUT2D eigenvalue weighted by Gasteiger charge is -1.97. The van der Waals surface area contributed by atoms with Gasteiger partial charge in [0.15, 0.2) is 0 Å². The number of allylic oxidation sites excluding steroid dienone is 2. The van der Waals surface area contributed by atoms with Crippen molar-refractivity contribution in [1.82, 2.24) is 0 Å². The zero-order chi connectivity index (χ0) is 7.82. The first-order valence-corrected chi connectivity index (χ1v) is 4.15. The molecule has 0 amide bonds. The molecule has 0 rings (SSSR count). The van der Waals surface area contributed by atoms with Crippen LogP contribution >= 0.6 is 0 Å². The molecule has 0 unspecified atom stereocenters. The third-order valence-corrected chi connectivity index (χ3v) is 1.99. The van der Waals surface area contributed by atoms with E-state index in [9.17, 15) is 0 Å². The Hall–Kier alpha value is -0.673. The predicted octanol–water partition coefficient (Wildman–Crippen LogP) is 0.553. The van der Waals surface area contributed by atoms with E-state index in [0.29, 0.717) is 0 Å². The average molecular weight is 155 g/mol. The summed E-state index contributed by atoms with van der Waals surface area (Å²) in [5.41, 5.74) is 0. The maximum Gasteiger partial charge on any atom is 0.249 e. The van der Waals surface area contributed by atoms with Crippen LogP contribution in [-0.4, -0.2) is 14.5 Å². The van der Waals surface area contributed by atoms with Crippen LogP contribution < -0.4 is 5.90 Å². The number of nitrogens with two attached hydrogens (primary N) is 1. The summed E-state index contributed by atoms with van der Waals surface area (Å²) < 4.78 is 4.56. The van der Waals surface area contributed by atoms with Crippen molar-refractivity contribution < 1.29 is 4.53 Å². The van der Waals surface area contributed by atoms with Crippen LogP contribution in [0.4, 0.5) is 0 Å². The van der Waals surface area contributed by atoms with E-state index in [2.05, 4.69) is 17.7 Å². The maximum atomic E-state index is 4.94. The Morgan fingerprint density at radius 2 is 1.90 bits per heavy atom. The molecule has 56 valence electrons. The van der Waals surface area contributed by atoms with Gasteiger partial charge in [-0.15, -0.1) is 13.2 Å². The van der Waals surface area contributed by atoms with Crippen LogP contribution in [0.15, 0.2) is 25.3 Å². The molecule has 2 N–H and O–H groups in total. The molecule has 0 saturated carbocycles. The van der Waals surface area contributed by atoms with Gasteiger partial charge >= 0.3 is 0 Å². The van der Waals surface area contributed by atoms with Gasteiger partial charge in [0.2, 0.25) is 9.38 Å². The van der Waals surface area contributed by atoms with Gasteiger partial charge in [-0.05, 0) is 18.0 Å². The van der Waals surface area contributed by atoms with E-state index < -0.39 is 0 Å². The van der Waals surface area contributed by atoms with Crippen LogP contribution in [0.5, 0.6) is 0 Å². The zero-order valence-corrected chi connectivity index (χ0v) is 7.20. The lowest BCUT2D eigenvalue weighted by Crippen LogP contribution is -2.08. The van der Waals surface area contributed by atoms with Crippen molar-refractivity contribution in [3.05, 3.63) is 25.3 Å². The van der Waals surface area contributed by atoms with Crippen LogP contribution in [0, 0.1) is 0 Å². The minimum atomic E-state index is -0.181. The first kappa shape index (κ1) is 9.33. The highest BCUT2D eigenvalue weighted by Crippen LogP contribution is 1.90.